The van der Waals surface area contributed by atoms with E-state index in [0.717, 1.165) is 35.4 Å². The SMILES string of the molecule is CC(=O)OC(C)Cc1nc2c(C3CCN(C(=O)OC(C)(C)C)CC3)ccnc2[nH]1. The molecule has 29 heavy (non-hydrogen) atoms. The molecular weight excluding hydrogens is 372 g/mol. The van der Waals surface area contributed by atoms with Crippen LogP contribution in [0.2, 0.25) is 0 Å². The van der Waals surface area contributed by atoms with E-state index in [1.807, 2.05) is 33.8 Å². The Balaban J connectivity index is 1.69. The van der Waals surface area contributed by atoms with Crippen LogP contribution < -0.4 is 0 Å². The lowest BCUT2D eigenvalue weighted by Gasteiger charge is -2.33. The van der Waals surface area contributed by atoms with Gasteiger partial charge in [0, 0.05) is 32.6 Å². The second-order valence-corrected chi connectivity index (χ2v) is 8.65. The van der Waals surface area contributed by atoms with Crippen molar-refractivity contribution >= 4 is 23.2 Å². The molecule has 8 heteroatoms. The summed E-state index contributed by atoms with van der Waals surface area (Å²) in [7, 11) is 0. The van der Waals surface area contributed by atoms with Gasteiger partial charge in [0.2, 0.25) is 0 Å². The number of nitrogens with one attached hydrogen (secondary N) is 1. The van der Waals surface area contributed by atoms with Gasteiger partial charge in [-0.25, -0.2) is 14.8 Å². The number of pyridine rings is 1. The van der Waals surface area contributed by atoms with Gasteiger partial charge in [-0.1, -0.05) is 0 Å². The second-order valence-electron chi connectivity index (χ2n) is 8.65. The summed E-state index contributed by atoms with van der Waals surface area (Å²) in [5.74, 6) is 0.755. The Morgan fingerprint density at radius 3 is 2.62 bits per heavy atom. The van der Waals surface area contributed by atoms with E-state index < -0.39 is 5.60 Å². The van der Waals surface area contributed by atoms with Gasteiger partial charge in [-0.05, 0) is 58.1 Å². The monoisotopic (exact) mass is 402 g/mol. The third-order valence-corrected chi connectivity index (χ3v) is 4.90. The third-order valence-electron chi connectivity index (χ3n) is 4.90. The number of piperidine rings is 1. The number of esters is 1. The molecule has 0 spiro atoms. The van der Waals surface area contributed by atoms with Gasteiger partial charge in [-0.15, -0.1) is 0 Å². The molecule has 1 aliphatic heterocycles. The molecule has 2 aromatic heterocycles. The van der Waals surface area contributed by atoms with Crippen molar-refractivity contribution in [2.75, 3.05) is 13.1 Å². The first-order chi connectivity index (χ1) is 13.6. The standard InChI is InChI=1S/C21H30N4O4/c1-13(28-14(2)26)12-17-23-18-16(6-9-22-19(18)24-17)15-7-10-25(11-8-15)20(27)29-21(3,4)5/h6,9,13,15H,7-8,10-12H2,1-5H3,(H,22,23,24). The maximum atomic E-state index is 12.3. The first-order valence-electron chi connectivity index (χ1n) is 10.1. The Morgan fingerprint density at radius 2 is 2.00 bits per heavy atom. The number of carbonyl (C=O) groups excluding carboxylic acids is 2. The third kappa shape index (κ3) is 5.46. The number of fused-ring (bicyclic) bond motifs is 1. The molecule has 2 aromatic rings. The molecule has 0 bridgehead atoms. The Labute approximate surface area is 171 Å². The number of nitrogens with zero attached hydrogens (tertiary/aromatic N) is 3. The first kappa shape index (κ1) is 21.1. The van der Waals surface area contributed by atoms with E-state index in [2.05, 4.69) is 9.97 Å². The predicted molar refractivity (Wildman–Crippen MR) is 109 cm³/mol. The number of hydrogen-bond acceptors (Lipinski definition) is 6. The highest BCUT2D eigenvalue weighted by molar-refractivity contribution is 5.75. The van der Waals surface area contributed by atoms with Crippen LogP contribution in [0.4, 0.5) is 4.79 Å². The highest BCUT2D eigenvalue weighted by Crippen LogP contribution is 2.32. The molecule has 1 atom stereocenters. The Bertz CT molecular complexity index is 878. The number of hydrogen-bond donors (Lipinski definition) is 1. The van der Waals surface area contributed by atoms with Crippen LogP contribution in [0.5, 0.6) is 0 Å². The quantitative estimate of drug-likeness (QED) is 0.785. The van der Waals surface area contributed by atoms with E-state index in [0.29, 0.717) is 25.4 Å². The summed E-state index contributed by atoms with van der Waals surface area (Å²) in [6, 6.07) is 2.01. The topological polar surface area (TPSA) is 97.4 Å². The molecule has 0 aromatic carbocycles. The van der Waals surface area contributed by atoms with E-state index in [4.69, 9.17) is 14.5 Å². The molecule has 158 valence electrons. The van der Waals surface area contributed by atoms with Crippen LogP contribution in [-0.4, -0.2) is 56.7 Å². The van der Waals surface area contributed by atoms with Gasteiger partial charge in [0.1, 0.15) is 23.0 Å². The van der Waals surface area contributed by atoms with E-state index in [1.54, 1.807) is 11.1 Å². The molecule has 0 radical (unpaired) electrons. The lowest BCUT2D eigenvalue weighted by molar-refractivity contribution is -0.145. The zero-order valence-electron chi connectivity index (χ0n) is 17.8. The summed E-state index contributed by atoms with van der Waals surface area (Å²) in [5.41, 5.74) is 2.25. The van der Waals surface area contributed by atoms with Crippen molar-refractivity contribution in [2.45, 2.75) is 71.5 Å². The highest BCUT2D eigenvalue weighted by Gasteiger charge is 2.28. The van der Waals surface area contributed by atoms with Gasteiger partial charge in [0.25, 0.3) is 0 Å². The smallest absolute Gasteiger partial charge is 0.410 e. The summed E-state index contributed by atoms with van der Waals surface area (Å²) < 4.78 is 10.7. The van der Waals surface area contributed by atoms with E-state index in [1.165, 1.54) is 6.92 Å². The second kappa shape index (κ2) is 8.39. The summed E-state index contributed by atoms with van der Waals surface area (Å²) in [4.78, 5) is 37.5. The lowest BCUT2D eigenvalue weighted by atomic mass is 9.89. The molecule has 8 nitrogen and oxygen atoms in total. The number of imidazole rings is 1. The van der Waals surface area contributed by atoms with Gasteiger partial charge < -0.3 is 19.4 Å². The van der Waals surface area contributed by atoms with Crippen LogP contribution in [0.25, 0.3) is 11.2 Å². The average molecular weight is 402 g/mol. The van der Waals surface area contributed by atoms with E-state index in [9.17, 15) is 9.59 Å². The molecule has 0 saturated carbocycles. The largest absolute Gasteiger partial charge is 0.462 e. The molecule has 1 saturated heterocycles. The summed E-state index contributed by atoms with van der Waals surface area (Å²) in [5, 5.41) is 0. The molecule has 1 fully saturated rings. The molecule has 3 rings (SSSR count). The Kier molecular flexibility index (Phi) is 6.10. The van der Waals surface area contributed by atoms with E-state index >= 15 is 0 Å². The highest BCUT2D eigenvalue weighted by atomic mass is 16.6. The fraction of sp³-hybridized carbons (Fsp3) is 0.619. The van der Waals surface area contributed by atoms with Gasteiger partial charge in [-0.3, -0.25) is 4.79 Å². The predicted octanol–water partition coefficient (Wildman–Crippen LogP) is 3.57. The van der Waals surface area contributed by atoms with Crippen LogP contribution in [0, 0.1) is 0 Å². The number of H-pyrrole nitrogens is 1. The number of likely N-dealkylation sites (tertiary alicyclic amines) is 1. The van der Waals surface area contributed by atoms with Crippen molar-refractivity contribution in [1.82, 2.24) is 19.9 Å². The molecule has 3 heterocycles. The fourth-order valence-corrected chi connectivity index (χ4v) is 3.70. The minimum absolute atomic E-state index is 0.252. The number of aromatic nitrogens is 3. The minimum Gasteiger partial charge on any atom is -0.462 e. The van der Waals surface area contributed by atoms with Crippen LogP contribution in [0.1, 0.15) is 64.8 Å². The summed E-state index contributed by atoms with van der Waals surface area (Å²) >= 11 is 0. The molecule has 1 amide bonds. The molecule has 0 aliphatic carbocycles. The van der Waals surface area contributed by atoms with Gasteiger partial charge in [-0.2, -0.15) is 0 Å². The maximum absolute atomic E-state index is 12.3. The number of rotatable bonds is 4. The van der Waals surface area contributed by atoms with Crippen molar-refractivity contribution in [3.05, 3.63) is 23.7 Å². The van der Waals surface area contributed by atoms with Crippen LogP contribution in [-0.2, 0) is 20.7 Å². The molecule has 1 unspecified atom stereocenters. The molecule has 1 N–H and O–H groups in total. The van der Waals surface area contributed by atoms with Crippen molar-refractivity contribution in [3.8, 4) is 0 Å². The lowest BCUT2D eigenvalue weighted by Crippen LogP contribution is -2.41. The van der Waals surface area contributed by atoms with Gasteiger partial charge >= 0.3 is 12.1 Å². The summed E-state index contributed by atoms with van der Waals surface area (Å²) in [6.07, 6.45) is 3.49. The van der Waals surface area contributed by atoms with Crippen LogP contribution >= 0.6 is 0 Å². The Morgan fingerprint density at radius 1 is 1.31 bits per heavy atom. The Hall–Kier alpha value is -2.64. The number of carbonyl (C=O) groups is 2. The number of amides is 1. The van der Waals surface area contributed by atoms with Crippen molar-refractivity contribution < 1.29 is 19.1 Å². The van der Waals surface area contributed by atoms with Crippen molar-refractivity contribution in [3.63, 3.8) is 0 Å². The van der Waals surface area contributed by atoms with Crippen molar-refractivity contribution in [1.29, 1.82) is 0 Å². The number of ether oxygens (including phenoxy) is 2. The zero-order chi connectivity index (χ0) is 21.2. The van der Waals surface area contributed by atoms with Gasteiger partial charge in [0.05, 0.1) is 0 Å². The maximum Gasteiger partial charge on any atom is 0.410 e. The fourth-order valence-electron chi connectivity index (χ4n) is 3.70. The summed E-state index contributed by atoms with van der Waals surface area (Å²) in [6.45, 7) is 10.2. The molecular formula is C21H30N4O4. The van der Waals surface area contributed by atoms with Crippen LogP contribution in [0.3, 0.4) is 0 Å². The van der Waals surface area contributed by atoms with E-state index in [-0.39, 0.29) is 18.2 Å². The van der Waals surface area contributed by atoms with Crippen molar-refractivity contribution in [2.24, 2.45) is 0 Å². The first-order valence-corrected chi connectivity index (χ1v) is 10.1. The normalized spacial score (nSPS) is 16.7. The molecule has 1 aliphatic rings. The van der Waals surface area contributed by atoms with Gasteiger partial charge in [0.15, 0.2) is 5.65 Å². The number of aromatic amines is 1. The zero-order valence-corrected chi connectivity index (χ0v) is 17.8. The average Bonchev–Trinajstić information content (AvgIpc) is 3.01. The van der Waals surface area contributed by atoms with Crippen LogP contribution in [0.15, 0.2) is 12.3 Å². The minimum atomic E-state index is -0.486.